The van der Waals surface area contributed by atoms with Crippen LogP contribution in [0.4, 0.5) is 0 Å². The lowest BCUT2D eigenvalue weighted by Gasteiger charge is -2.49. The zero-order valence-corrected chi connectivity index (χ0v) is 16.0. The Morgan fingerprint density at radius 2 is 1.00 bits per heavy atom. The molecule has 2 heterocycles. The smallest absolute Gasteiger partial charge is 0.262 e. The molecule has 3 aliphatic rings. The quantitative estimate of drug-likeness (QED) is 0.498. The molecule has 2 aliphatic heterocycles. The van der Waals surface area contributed by atoms with Crippen molar-refractivity contribution in [1.82, 2.24) is 0 Å². The standard InChI is InChI=1S/C16H8N2O4S4/c19-17(20)15-13(23-9-5-1-3-7-11(9)25-15)14-16(15,18(21)22)26-12-8-4-2-6-10(12)24-14/h1-8H. The molecule has 0 bridgehead atoms. The molecule has 5 rings (SSSR count). The van der Waals surface area contributed by atoms with Gasteiger partial charge < -0.3 is 0 Å². The van der Waals surface area contributed by atoms with Crippen molar-refractivity contribution in [2.75, 3.05) is 0 Å². The Labute approximate surface area is 164 Å². The Kier molecular flexibility index (Phi) is 3.46. The first-order chi connectivity index (χ1) is 12.5. The van der Waals surface area contributed by atoms with Gasteiger partial charge in [-0.05, 0) is 47.8 Å². The lowest BCUT2D eigenvalue weighted by molar-refractivity contribution is -0.631. The van der Waals surface area contributed by atoms with E-state index < -0.39 is 19.6 Å². The van der Waals surface area contributed by atoms with Gasteiger partial charge in [-0.2, -0.15) is 0 Å². The van der Waals surface area contributed by atoms with Gasteiger partial charge in [0.1, 0.15) is 9.81 Å². The monoisotopic (exact) mass is 420 g/mol. The fourth-order valence-corrected chi connectivity index (χ4v) is 9.74. The molecule has 2 unspecified atom stereocenters. The number of rotatable bonds is 2. The maximum atomic E-state index is 12.2. The summed E-state index contributed by atoms with van der Waals surface area (Å²) in [7, 11) is 0. The molecule has 0 fully saturated rings. The van der Waals surface area contributed by atoms with Gasteiger partial charge in [-0.3, -0.25) is 20.2 Å². The topological polar surface area (TPSA) is 86.3 Å². The average molecular weight is 421 g/mol. The fourth-order valence-electron chi connectivity index (χ4n) is 3.28. The third-order valence-corrected chi connectivity index (χ3v) is 10.8. The van der Waals surface area contributed by atoms with Crippen LogP contribution >= 0.6 is 47.0 Å². The number of hydrogen-bond acceptors (Lipinski definition) is 8. The van der Waals surface area contributed by atoms with E-state index in [9.17, 15) is 20.2 Å². The number of fused-ring (bicyclic) bond motifs is 5. The summed E-state index contributed by atoms with van der Waals surface area (Å²) in [6.45, 7) is 0. The van der Waals surface area contributed by atoms with Crippen molar-refractivity contribution in [1.29, 1.82) is 0 Å². The van der Waals surface area contributed by atoms with E-state index in [2.05, 4.69) is 0 Å². The van der Waals surface area contributed by atoms with Gasteiger partial charge in [0.2, 0.25) is 0 Å². The SMILES string of the molecule is O=[N+]([O-])C12Sc3ccccc3SC1=C1Sc3ccccc3SC12[N+](=O)[O-]. The third-order valence-electron chi connectivity index (χ3n) is 4.43. The maximum Gasteiger partial charge on any atom is 0.387 e. The first kappa shape index (κ1) is 16.5. The van der Waals surface area contributed by atoms with Crippen LogP contribution in [0.25, 0.3) is 0 Å². The first-order valence-electron chi connectivity index (χ1n) is 7.47. The average Bonchev–Trinajstić information content (AvgIpc) is 2.64. The van der Waals surface area contributed by atoms with Crippen molar-refractivity contribution in [3.05, 3.63) is 78.6 Å². The zero-order valence-electron chi connectivity index (χ0n) is 12.8. The molecular weight excluding hydrogens is 412 g/mol. The molecule has 0 radical (unpaired) electrons. The van der Waals surface area contributed by atoms with E-state index in [-0.39, 0.29) is 0 Å². The van der Waals surface area contributed by atoms with Gasteiger partial charge >= 0.3 is 9.74 Å². The molecule has 26 heavy (non-hydrogen) atoms. The number of nitrogens with zero attached hydrogens (tertiary/aromatic N) is 2. The summed E-state index contributed by atoms with van der Waals surface area (Å²) < 4.78 is 0. The zero-order chi connectivity index (χ0) is 18.1. The minimum atomic E-state index is -1.81. The van der Waals surface area contributed by atoms with Crippen LogP contribution in [0.2, 0.25) is 0 Å². The van der Waals surface area contributed by atoms with Crippen LogP contribution in [-0.2, 0) is 0 Å². The van der Waals surface area contributed by atoms with E-state index in [1.54, 1.807) is 24.3 Å². The molecule has 130 valence electrons. The predicted octanol–water partition coefficient (Wildman–Crippen LogP) is 4.95. The molecule has 0 saturated heterocycles. The second-order valence-corrected chi connectivity index (χ2v) is 10.3. The predicted molar refractivity (Wildman–Crippen MR) is 103 cm³/mol. The highest BCUT2D eigenvalue weighted by atomic mass is 32.2. The lowest BCUT2D eigenvalue weighted by atomic mass is 9.94. The Morgan fingerprint density at radius 3 is 1.35 bits per heavy atom. The van der Waals surface area contributed by atoms with Gasteiger partial charge in [0.05, 0.1) is 9.85 Å². The van der Waals surface area contributed by atoms with Crippen molar-refractivity contribution in [2.24, 2.45) is 0 Å². The van der Waals surface area contributed by atoms with Crippen molar-refractivity contribution < 1.29 is 9.85 Å². The van der Waals surface area contributed by atoms with E-state index in [0.29, 0.717) is 19.6 Å². The Morgan fingerprint density at radius 1 is 0.654 bits per heavy atom. The van der Waals surface area contributed by atoms with Crippen LogP contribution in [0, 0.1) is 20.2 Å². The van der Waals surface area contributed by atoms with Crippen LogP contribution in [-0.4, -0.2) is 19.6 Å². The van der Waals surface area contributed by atoms with Crippen LogP contribution in [0.3, 0.4) is 0 Å². The molecule has 2 aromatic carbocycles. The number of thioether (sulfide) groups is 4. The molecule has 0 spiro atoms. The normalized spacial score (nSPS) is 28.2. The number of hydrogen-bond donors (Lipinski definition) is 0. The molecule has 2 aromatic rings. The molecule has 2 atom stereocenters. The van der Waals surface area contributed by atoms with Crippen molar-refractivity contribution in [2.45, 2.75) is 29.3 Å². The minimum Gasteiger partial charge on any atom is -0.262 e. The highest BCUT2D eigenvalue weighted by molar-refractivity contribution is 8.14. The Hall–Kier alpha value is -1.62. The van der Waals surface area contributed by atoms with Gasteiger partial charge in [-0.1, -0.05) is 47.8 Å². The van der Waals surface area contributed by atoms with Crippen molar-refractivity contribution in [3.63, 3.8) is 0 Å². The third kappa shape index (κ3) is 1.80. The highest BCUT2D eigenvalue weighted by Gasteiger charge is 2.87. The van der Waals surface area contributed by atoms with Crippen LogP contribution in [0.15, 0.2) is 77.9 Å². The highest BCUT2D eigenvalue weighted by Crippen LogP contribution is 2.76. The largest absolute Gasteiger partial charge is 0.387 e. The number of benzene rings is 2. The van der Waals surface area contributed by atoms with Crippen molar-refractivity contribution >= 4 is 47.0 Å². The van der Waals surface area contributed by atoms with Crippen LogP contribution in [0.1, 0.15) is 0 Å². The molecule has 6 nitrogen and oxygen atoms in total. The van der Waals surface area contributed by atoms with Crippen molar-refractivity contribution in [3.8, 4) is 0 Å². The van der Waals surface area contributed by atoms with Gasteiger partial charge in [-0.15, -0.1) is 0 Å². The summed E-state index contributed by atoms with van der Waals surface area (Å²) in [4.78, 5) is 24.1. The fraction of sp³-hybridized carbons (Fsp3) is 0.125. The second kappa shape index (κ2) is 5.44. The molecule has 0 aromatic heterocycles. The Bertz CT molecular complexity index is 961. The van der Waals surface area contributed by atoms with E-state index in [0.717, 1.165) is 33.3 Å². The summed E-state index contributed by atoms with van der Waals surface area (Å²) in [6.07, 6.45) is 0. The maximum absolute atomic E-state index is 12.2. The molecule has 0 N–H and O–H groups in total. The van der Waals surface area contributed by atoms with E-state index in [1.807, 2.05) is 24.3 Å². The van der Waals surface area contributed by atoms with E-state index >= 15 is 0 Å². The lowest BCUT2D eigenvalue weighted by Crippen LogP contribution is -2.68. The summed E-state index contributed by atoms with van der Waals surface area (Å²) >= 11 is 4.57. The van der Waals surface area contributed by atoms with Crippen LogP contribution in [0.5, 0.6) is 0 Å². The van der Waals surface area contributed by atoms with Crippen LogP contribution < -0.4 is 0 Å². The minimum absolute atomic E-state index is 0.469. The Balaban J connectivity index is 1.79. The van der Waals surface area contributed by atoms with E-state index in [1.165, 1.54) is 23.5 Å². The molecule has 0 saturated carbocycles. The molecule has 0 amide bonds. The van der Waals surface area contributed by atoms with Gasteiger partial charge in [0, 0.05) is 19.6 Å². The van der Waals surface area contributed by atoms with Gasteiger partial charge in [-0.25, -0.2) is 0 Å². The summed E-state index contributed by atoms with van der Waals surface area (Å²) in [5, 5.41) is 24.5. The van der Waals surface area contributed by atoms with E-state index in [4.69, 9.17) is 0 Å². The second-order valence-electron chi connectivity index (χ2n) is 5.76. The molecule has 10 heteroatoms. The van der Waals surface area contributed by atoms with Gasteiger partial charge in [0.25, 0.3) is 0 Å². The molecular formula is C16H8N2O4S4. The summed E-state index contributed by atoms with van der Waals surface area (Å²) in [5.74, 6) is 0. The summed E-state index contributed by atoms with van der Waals surface area (Å²) in [5.41, 5.74) is 0. The van der Waals surface area contributed by atoms with Gasteiger partial charge in [0.15, 0.2) is 0 Å². The summed E-state index contributed by atoms with van der Waals surface area (Å²) in [6, 6.07) is 14.7. The number of nitro groups is 2. The molecule has 1 aliphatic carbocycles. The first-order valence-corrected chi connectivity index (χ1v) is 10.7.